The summed E-state index contributed by atoms with van der Waals surface area (Å²) in [4.78, 5) is 30.7. The number of aryl methyl sites for hydroxylation is 1. The number of pyridine rings is 2. The molecule has 43 heavy (non-hydrogen) atoms. The fraction of sp³-hybridized carbons (Fsp3) is 0.471. The minimum absolute atomic E-state index is 0.171. The van der Waals surface area contributed by atoms with E-state index in [4.69, 9.17) is 15.7 Å². The molecule has 9 heteroatoms. The molecule has 4 aromatic rings. The lowest BCUT2D eigenvalue weighted by Crippen LogP contribution is -2.38. The smallest absolute Gasteiger partial charge is 0.280 e. The quantitative estimate of drug-likeness (QED) is 0.246. The molecule has 1 aliphatic heterocycles. The Morgan fingerprint density at radius 2 is 1.91 bits per heavy atom. The Morgan fingerprint density at radius 1 is 1.14 bits per heavy atom. The van der Waals surface area contributed by atoms with Crippen LogP contribution in [0, 0.1) is 11.3 Å². The zero-order chi connectivity index (χ0) is 30.1. The van der Waals surface area contributed by atoms with Crippen molar-refractivity contribution in [3.05, 3.63) is 70.6 Å². The summed E-state index contributed by atoms with van der Waals surface area (Å²) in [5.41, 5.74) is 13.3. The third-order valence-corrected chi connectivity index (χ3v) is 10.2. The highest BCUT2D eigenvalue weighted by Crippen LogP contribution is 2.38. The van der Waals surface area contributed by atoms with Crippen LogP contribution in [0.3, 0.4) is 0 Å². The average Bonchev–Trinajstić information content (AvgIpc) is 3.41. The van der Waals surface area contributed by atoms with Gasteiger partial charge >= 0.3 is 0 Å². The van der Waals surface area contributed by atoms with E-state index in [0.717, 1.165) is 90.9 Å². The molecule has 4 heterocycles. The van der Waals surface area contributed by atoms with E-state index < -0.39 is 0 Å². The molecule has 3 aromatic heterocycles. The van der Waals surface area contributed by atoms with Crippen LogP contribution in [-0.2, 0) is 12.8 Å². The van der Waals surface area contributed by atoms with Crippen molar-refractivity contribution in [3.63, 3.8) is 0 Å². The summed E-state index contributed by atoms with van der Waals surface area (Å²) in [7, 11) is 0. The second kappa shape index (κ2) is 12.3. The summed E-state index contributed by atoms with van der Waals surface area (Å²) in [6.45, 7) is 9.51. The topological polar surface area (TPSA) is 117 Å². The van der Waals surface area contributed by atoms with E-state index in [0.29, 0.717) is 16.6 Å². The van der Waals surface area contributed by atoms with Gasteiger partial charge in [0.1, 0.15) is 10.3 Å². The largest absolute Gasteiger partial charge is 0.397 e. The monoisotopic (exact) mass is 598 g/mol. The van der Waals surface area contributed by atoms with Gasteiger partial charge < -0.3 is 21.1 Å². The summed E-state index contributed by atoms with van der Waals surface area (Å²) in [5, 5.41) is 13.7. The molecule has 8 nitrogen and oxygen atoms in total. The van der Waals surface area contributed by atoms with Gasteiger partial charge in [-0.15, -0.1) is 0 Å². The van der Waals surface area contributed by atoms with Crippen molar-refractivity contribution in [2.45, 2.75) is 71.4 Å². The highest BCUT2D eigenvalue weighted by Gasteiger charge is 2.30. The number of anilines is 1. The molecule has 1 aliphatic carbocycles. The predicted molar refractivity (Wildman–Crippen MR) is 173 cm³/mol. The summed E-state index contributed by atoms with van der Waals surface area (Å²) in [5.74, 6) is 0.445. The van der Waals surface area contributed by atoms with Crippen LogP contribution in [0.5, 0.6) is 0 Å². The number of fused-ring (bicyclic) bond motifs is 2. The Bertz CT molecular complexity index is 1590. The molecule has 0 spiro atoms. The highest BCUT2D eigenvalue weighted by molar-refractivity contribution is 7.19. The SMILES string of the molecule is CC(C)(C)[C@H]1CCc2nc3sc(C(=O)NC(CCN4CCC(O)CC4)c4ccc(-c5ccncc5N)cc4)nc3cc2C1. The number of piperidine rings is 1. The van der Waals surface area contributed by atoms with Gasteiger partial charge in [0, 0.05) is 37.1 Å². The highest BCUT2D eigenvalue weighted by atomic mass is 32.1. The molecule has 4 N–H and O–H groups in total. The number of benzene rings is 1. The van der Waals surface area contributed by atoms with Gasteiger partial charge in [-0.3, -0.25) is 9.78 Å². The van der Waals surface area contributed by atoms with Crippen molar-refractivity contribution in [3.8, 4) is 11.1 Å². The fourth-order valence-corrected chi connectivity index (χ4v) is 7.25. The number of hydrogen-bond donors (Lipinski definition) is 3. The van der Waals surface area contributed by atoms with E-state index in [1.807, 2.05) is 6.07 Å². The van der Waals surface area contributed by atoms with Gasteiger partial charge in [-0.25, -0.2) is 9.97 Å². The molecule has 0 saturated carbocycles. The number of aliphatic hydroxyl groups excluding tert-OH is 1. The minimum Gasteiger partial charge on any atom is -0.397 e. The standard InChI is InChI=1S/C34H42N6O2S/c1-34(2,3)24-8-9-28-23(18-24)19-30-32(38-28)43-33(39-30)31(42)37-29(13-17-40-15-11-25(41)12-16-40)22-6-4-21(5-7-22)26-10-14-36-20-27(26)35/h4-7,10,14,19-20,24-25,29,41H,8-9,11-13,15-18,35H2,1-3H3,(H,37,42)/t24-,29?/m0/s1. The number of hydrogen-bond acceptors (Lipinski definition) is 8. The maximum Gasteiger partial charge on any atom is 0.280 e. The fourth-order valence-electron chi connectivity index (χ4n) is 6.41. The lowest BCUT2D eigenvalue weighted by Gasteiger charge is -2.34. The Morgan fingerprint density at radius 3 is 2.63 bits per heavy atom. The minimum atomic E-state index is -0.211. The van der Waals surface area contributed by atoms with E-state index >= 15 is 0 Å². The van der Waals surface area contributed by atoms with Crippen LogP contribution in [0.2, 0.25) is 0 Å². The summed E-state index contributed by atoms with van der Waals surface area (Å²) >= 11 is 1.38. The van der Waals surface area contributed by atoms with Crippen LogP contribution < -0.4 is 11.1 Å². The first-order valence-electron chi connectivity index (χ1n) is 15.4. The van der Waals surface area contributed by atoms with Crippen molar-refractivity contribution in [2.24, 2.45) is 11.3 Å². The first kappa shape index (κ1) is 29.7. The molecule has 6 rings (SSSR count). The predicted octanol–water partition coefficient (Wildman–Crippen LogP) is 5.80. The van der Waals surface area contributed by atoms with Crippen molar-refractivity contribution in [1.29, 1.82) is 0 Å². The second-order valence-corrected chi connectivity index (χ2v) is 14.2. The molecule has 1 amide bonds. The maximum atomic E-state index is 13.7. The number of aromatic nitrogens is 3. The number of aliphatic hydroxyl groups is 1. The number of likely N-dealkylation sites (tertiary alicyclic amines) is 1. The van der Waals surface area contributed by atoms with Crippen molar-refractivity contribution in [1.82, 2.24) is 25.2 Å². The van der Waals surface area contributed by atoms with E-state index in [1.165, 1.54) is 16.9 Å². The number of carbonyl (C=O) groups is 1. The molecule has 1 saturated heterocycles. The summed E-state index contributed by atoms with van der Waals surface area (Å²) < 4.78 is 0. The molecule has 0 radical (unpaired) electrons. The zero-order valence-corrected chi connectivity index (χ0v) is 26.2. The number of rotatable bonds is 7. The Hall–Kier alpha value is -3.40. The van der Waals surface area contributed by atoms with Crippen molar-refractivity contribution in [2.75, 3.05) is 25.4 Å². The Labute approximate surface area is 257 Å². The molecule has 2 atom stereocenters. The molecule has 1 fully saturated rings. The van der Waals surface area contributed by atoms with E-state index in [-0.39, 0.29) is 23.5 Å². The van der Waals surface area contributed by atoms with Crippen LogP contribution >= 0.6 is 11.3 Å². The van der Waals surface area contributed by atoms with Crippen LogP contribution in [0.4, 0.5) is 5.69 Å². The van der Waals surface area contributed by atoms with Crippen LogP contribution in [-0.4, -0.2) is 56.6 Å². The Balaban J connectivity index is 1.22. The van der Waals surface area contributed by atoms with Crippen LogP contribution in [0.25, 0.3) is 21.5 Å². The first-order valence-corrected chi connectivity index (χ1v) is 16.3. The van der Waals surface area contributed by atoms with E-state index in [2.05, 4.69) is 66.3 Å². The van der Waals surface area contributed by atoms with Crippen LogP contribution in [0.15, 0.2) is 48.8 Å². The average molecular weight is 599 g/mol. The number of nitrogens with one attached hydrogen (secondary N) is 1. The van der Waals surface area contributed by atoms with Gasteiger partial charge in [0.2, 0.25) is 0 Å². The summed E-state index contributed by atoms with van der Waals surface area (Å²) in [6, 6.07) is 12.1. The van der Waals surface area contributed by atoms with Crippen LogP contribution in [0.1, 0.15) is 79.1 Å². The number of nitrogens with two attached hydrogens (primary N) is 1. The molecule has 226 valence electrons. The number of nitrogens with zero attached hydrogens (tertiary/aromatic N) is 4. The molecule has 1 unspecified atom stereocenters. The third kappa shape index (κ3) is 6.74. The number of amides is 1. The molecule has 1 aromatic carbocycles. The lowest BCUT2D eigenvalue weighted by atomic mass is 9.71. The van der Waals surface area contributed by atoms with E-state index in [9.17, 15) is 9.90 Å². The van der Waals surface area contributed by atoms with Gasteiger partial charge in [0.25, 0.3) is 5.91 Å². The van der Waals surface area contributed by atoms with Gasteiger partial charge in [-0.1, -0.05) is 56.4 Å². The summed E-state index contributed by atoms with van der Waals surface area (Å²) in [6.07, 6.45) is 8.66. The molecule has 2 aliphatic rings. The van der Waals surface area contributed by atoms with Gasteiger partial charge in [-0.05, 0) is 78.7 Å². The van der Waals surface area contributed by atoms with Gasteiger partial charge in [0.05, 0.1) is 24.0 Å². The van der Waals surface area contributed by atoms with E-state index in [1.54, 1.807) is 12.4 Å². The normalized spacial score (nSPS) is 18.8. The molecular formula is C34H42N6O2S. The number of nitrogen functional groups attached to an aromatic ring is 1. The maximum absolute atomic E-state index is 13.7. The van der Waals surface area contributed by atoms with Gasteiger partial charge in [-0.2, -0.15) is 0 Å². The van der Waals surface area contributed by atoms with Crippen molar-refractivity contribution >= 4 is 33.3 Å². The Kier molecular flexibility index (Phi) is 8.49. The molecular weight excluding hydrogens is 556 g/mol. The number of thiazole rings is 1. The second-order valence-electron chi connectivity index (χ2n) is 13.2. The van der Waals surface area contributed by atoms with Crippen molar-refractivity contribution < 1.29 is 9.90 Å². The zero-order valence-electron chi connectivity index (χ0n) is 25.3. The first-order chi connectivity index (χ1) is 20.6. The molecule has 0 bridgehead atoms. The number of carbonyl (C=O) groups excluding carboxylic acids is 1. The third-order valence-electron chi connectivity index (χ3n) is 9.24. The lowest BCUT2D eigenvalue weighted by molar-refractivity contribution is 0.0795. The van der Waals surface area contributed by atoms with Gasteiger partial charge in [0.15, 0.2) is 5.01 Å².